The molecule has 1 atom stereocenters. The average Bonchev–Trinajstić information content (AvgIpc) is 3.01. The number of piperazine rings is 1. The third-order valence-electron chi connectivity index (χ3n) is 4.49. The van der Waals surface area contributed by atoms with E-state index in [0.717, 1.165) is 23.8 Å². The number of benzene rings is 1. The molecule has 0 bridgehead atoms. The number of para-hydroxylation sites is 1. The fourth-order valence-electron chi connectivity index (χ4n) is 3.25. The SMILES string of the molecule is COc1ccccc1CNC1=NCC2CN(C(=O)OC(C)(C)C)CCN12. The van der Waals surface area contributed by atoms with Gasteiger partial charge in [-0.15, -0.1) is 0 Å². The van der Waals surface area contributed by atoms with E-state index >= 15 is 0 Å². The van der Waals surface area contributed by atoms with Gasteiger partial charge in [-0.1, -0.05) is 18.2 Å². The Morgan fingerprint density at radius 3 is 2.81 bits per heavy atom. The topological polar surface area (TPSA) is 66.4 Å². The van der Waals surface area contributed by atoms with Gasteiger partial charge in [-0.05, 0) is 26.8 Å². The van der Waals surface area contributed by atoms with Gasteiger partial charge in [-0.2, -0.15) is 0 Å². The lowest BCUT2D eigenvalue weighted by Crippen LogP contribution is -2.57. The van der Waals surface area contributed by atoms with Crippen LogP contribution in [0.1, 0.15) is 26.3 Å². The molecule has 7 nitrogen and oxygen atoms in total. The molecule has 1 amide bonds. The Morgan fingerprint density at radius 1 is 1.31 bits per heavy atom. The van der Waals surface area contributed by atoms with Crippen LogP contribution >= 0.6 is 0 Å². The summed E-state index contributed by atoms with van der Waals surface area (Å²) in [4.78, 5) is 20.9. The van der Waals surface area contributed by atoms with Gasteiger partial charge in [0.15, 0.2) is 5.96 Å². The van der Waals surface area contributed by atoms with E-state index in [9.17, 15) is 4.79 Å². The summed E-state index contributed by atoms with van der Waals surface area (Å²) in [5.41, 5.74) is 0.621. The molecule has 1 fully saturated rings. The number of aliphatic imine (C=N–C) groups is 1. The molecule has 1 saturated heterocycles. The van der Waals surface area contributed by atoms with Crippen LogP contribution in [0.25, 0.3) is 0 Å². The van der Waals surface area contributed by atoms with Crippen molar-refractivity contribution in [2.75, 3.05) is 33.3 Å². The largest absolute Gasteiger partial charge is 0.496 e. The van der Waals surface area contributed by atoms with Crippen LogP contribution in [0.3, 0.4) is 0 Å². The lowest BCUT2D eigenvalue weighted by molar-refractivity contribution is 0.0137. The molecule has 7 heteroatoms. The summed E-state index contributed by atoms with van der Waals surface area (Å²) in [6.07, 6.45) is -0.243. The van der Waals surface area contributed by atoms with Crippen molar-refractivity contribution >= 4 is 12.1 Å². The Hall–Kier alpha value is -2.44. The predicted octanol–water partition coefficient (Wildman–Crippen LogP) is 2.08. The zero-order valence-electron chi connectivity index (χ0n) is 16.0. The van der Waals surface area contributed by atoms with Crippen molar-refractivity contribution in [2.24, 2.45) is 4.99 Å². The zero-order chi connectivity index (χ0) is 18.7. The number of methoxy groups -OCH3 is 1. The van der Waals surface area contributed by atoms with Gasteiger partial charge in [0.05, 0.1) is 19.7 Å². The molecular weight excluding hydrogens is 332 g/mol. The Balaban J connectivity index is 1.55. The van der Waals surface area contributed by atoms with E-state index in [1.807, 2.05) is 45.0 Å². The molecule has 26 heavy (non-hydrogen) atoms. The van der Waals surface area contributed by atoms with Crippen LogP contribution in [-0.4, -0.2) is 66.8 Å². The quantitative estimate of drug-likeness (QED) is 0.894. The molecule has 1 aromatic carbocycles. The Morgan fingerprint density at radius 2 is 2.08 bits per heavy atom. The standard InChI is InChI=1S/C19H28N4O3/c1-19(2,3)26-18(24)22-9-10-23-15(13-22)12-21-17(23)20-11-14-7-5-6-8-16(14)25-4/h5-8,15H,9-13H2,1-4H3,(H,20,21). The normalized spacial score (nSPS) is 19.7. The Kier molecular flexibility index (Phi) is 5.25. The second kappa shape index (κ2) is 7.43. The average molecular weight is 360 g/mol. The molecular formula is C19H28N4O3. The summed E-state index contributed by atoms with van der Waals surface area (Å²) in [5.74, 6) is 1.76. The van der Waals surface area contributed by atoms with Gasteiger partial charge >= 0.3 is 6.09 Å². The van der Waals surface area contributed by atoms with Crippen LogP contribution in [0.5, 0.6) is 5.75 Å². The summed E-state index contributed by atoms with van der Waals surface area (Å²) in [7, 11) is 1.68. The van der Waals surface area contributed by atoms with Crippen molar-refractivity contribution < 1.29 is 14.3 Å². The second-order valence-electron chi connectivity index (χ2n) is 7.60. The molecule has 2 aliphatic heterocycles. The highest BCUT2D eigenvalue weighted by atomic mass is 16.6. The molecule has 1 unspecified atom stereocenters. The monoisotopic (exact) mass is 360 g/mol. The second-order valence-corrected chi connectivity index (χ2v) is 7.60. The van der Waals surface area contributed by atoms with Gasteiger partial charge in [0.2, 0.25) is 0 Å². The van der Waals surface area contributed by atoms with E-state index in [-0.39, 0.29) is 12.1 Å². The predicted molar refractivity (Wildman–Crippen MR) is 100 cm³/mol. The van der Waals surface area contributed by atoms with E-state index in [2.05, 4.69) is 15.2 Å². The number of rotatable bonds is 3. The molecule has 0 aromatic heterocycles. The number of ether oxygens (including phenoxy) is 2. The van der Waals surface area contributed by atoms with E-state index in [1.165, 1.54) is 0 Å². The van der Waals surface area contributed by atoms with E-state index in [4.69, 9.17) is 9.47 Å². The Bertz CT molecular complexity index is 684. The van der Waals surface area contributed by atoms with Crippen LogP contribution in [-0.2, 0) is 11.3 Å². The maximum absolute atomic E-state index is 12.3. The zero-order valence-corrected chi connectivity index (χ0v) is 16.0. The molecule has 0 aliphatic carbocycles. The van der Waals surface area contributed by atoms with Gasteiger partial charge in [0, 0.05) is 31.7 Å². The number of nitrogens with one attached hydrogen (secondary N) is 1. The minimum absolute atomic E-state index is 0.205. The molecule has 0 spiro atoms. The van der Waals surface area contributed by atoms with Crippen LogP contribution in [0, 0.1) is 0 Å². The van der Waals surface area contributed by atoms with Crippen LogP contribution in [0.2, 0.25) is 0 Å². The van der Waals surface area contributed by atoms with E-state index in [1.54, 1.807) is 12.0 Å². The number of carbonyl (C=O) groups excluding carboxylic acids is 1. The number of guanidine groups is 1. The molecule has 2 heterocycles. The first-order valence-electron chi connectivity index (χ1n) is 9.02. The third kappa shape index (κ3) is 4.20. The van der Waals surface area contributed by atoms with Gasteiger partial charge in [-0.25, -0.2) is 4.79 Å². The van der Waals surface area contributed by atoms with Crippen molar-refractivity contribution in [3.63, 3.8) is 0 Å². The smallest absolute Gasteiger partial charge is 0.410 e. The number of hydrogen-bond donors (Lipinski definition) is 1. The maximum atomic E-state index is 12.3. The van der Waals surface area contributed by atoms with Crippen LogP contribution in [0.15, 0.2) is 29.3 Å². The van der Waals surface area contributed by atoms with Crippen molar-refractivity contribution in [1.29, 1.82) is 0 Å². The molecule has 0 radical (unpaired) electrons. The molecule has 1 N–H and O–H groups in total. The highest BCUT2D eigenvalue weighted by molar-refractivity contribution is 5.82. The van der Waals surface area contributed by atoms with Crippen molar-refractivity contribution in [3.8, 4) is 5.75 Å². The number of carbonyl (C=O) groups is 1. The summed E-state index contributed by atoms with van der Waals surface area (Å²) < 4.78 is 10.9. The van der Waals surface area contributed by atoms with E-state index in [0.29, 0.717) is 26.2 Å². The lowest BCUT2D eigenvalue weighted by atomic mass is 10.2. The van der Waals surface area contributed by atoms with E-state index < -0.39 is 5.60 Å². The first-order chi connectivity index (χ1) is 12.4. The first kappa shape index (κ1) is 18.4. The fraction of sp³-hybridized carbons (Fsp3) is 0.579. The summed E-state index contributed by atoms with van der Waals surface area (Å²) >= 11 is 0. The fourth-order valence-corrected chi connectivity index (χ4v) is 3.25. The maximum Gasteiger partial charge on any atom is 0.410 e. The first-order valence-corrected chi connectivity index (χ1v) is 9.02. The van der Waals surface area contributed by atoms with Crippen molar-refractivity contribution in [1.82, 2.24) is 15.1 Å². The van der Waals surface area contributed by atoms with Crippen molar-refractivity contribution in [2.45, 2.75) is 39.0 Å². The molecule has 1 aromatic rings. The molecule has 0 saturated carbocycles. The third-order valence-corrected chi connectivity index (χ3v) is 4.49. The van der Waals surface area contributed by atoms with Gasteiger partial charge in [-0.3, -0.25) is 4.99 Å². The lowest BCUT2D eigenvalue weighted by Gasteiger charge is -2.39. The Labute approximate surface area is 155 Å². The number of amides is 1. The van der Waals surface area contributed by atoms with Gasteiger partial charge < -0.3 is 24.6 Å². The minimum atomic E-state index is -0.470. The van der Waals surface area contributed by atoms with Gasteiger partial charge in [0.1, 0.15) is 11.4 Å². The molecule has 2 aliphatic rings. The highest BCUT2D eigenvalue weighted by Gasteiger charge is 2.36. The minimum Gasteiger partial charge on any atom is -0.496 e. The molecule has 3 rings (SSSR count). The number of fused-ring (bicyclic) bond motifs is 1. The van der Waals surface area contributed by atoms with Crippen LogP contribution in [0.4, 0.5) is 4.79 Å². The highest BCUT2D eigenvalue weighted by Crippen LogP contribution is 2.20. The van der Waals surface area contributed by atoms with Crippen molar-refractivity contribution in [3.05, 3.63) is 29.8 Å². The van der Waals surface area contributed by atoms with Crippen LogP contribution < -0.4 is 10.1 Å². The summed E-state index contributed by atoms with van der Waals surface area (Å²) in [6, 6.07) is 8.16. The number of nitrogens with zero attached hydrogens (tertiary/aromatic N) is 3. The summed E-state index contributed by atoms with van der Waals surface area (Å²) in [6.45, 7) is 9.04. The van der Waals surface area contributed by atoms with Gasteiger partial charge in [0.25, 0.3) is 0 Å². The summed E-state index contributed by atoms with van der Waals surface area (Å²) in [5, 5.41) is 3.42. The number of hydrogen-bond acceptors (Lipinski definition) is 6. The molecule has 142 valence electrons.